The molecule has 0 aromatic heterocycles. The first kappa shape index (κ1) is 14.6. The van der Waals surface area contributed by atoms with E-state index in [9.17, 15) is 0 Å². The minimum atomic E-state index is 0.329. The summed E-state index contributed by atoms with van der Waals surface area (Å²) in [5.41, 5.74) is 2.63. The maximum atomic E-state index is 5.73. The van der Waals surface area contributed by atoms with Crippen molar-refractivity contribution in [1.29, 1.82) is 0 Å². The van der Waals surface area contributed by atoms with Crippen molar-refractivity contribution in [2.45, 2.75) is 25.3 Å². The number of para-hydroxylation sites is 1. The van der Waals surface area contributed by atoms with Crippen molar-refractivity contribution < 1.29 is 4.74 Å². The third-order valence-electron chi connectivity index (χ3n) is 4.12. The number of hydrogen-bond acceptors (Lipinski definition) is 2. The van der Waals surface area contributed by atoms with E-state index in [2.05, 4.69) is 70.6 Å². The average Bonchev–Trinajstić information content (AvgIpc) is 2.53. The zero-order valence-corrected chi connectivity index (χ0v) is 13.8. The van der Waals surface area contributed by atoms with Crippen molar-refractivity contribution in [3.63, 3.8) is 0 Å². The van der Waals surface area contributed by atoms with Gasteiger partial charge in [0, 0.05) is 23.0 Å². The summed E-state index contributed by atoms with van der Waals surface area (Å²) in [6.07, 6.45) is 1.08. The van der Waals surface area contributed by atoms with E-state index < -0.39 is 0 Å². The van der Waals surface area contributed by atoms with Crippen molar-refractivity contribution >= 4 is 15.9 Å². The third kappa shape index (κ3) is 3.30. The molecule has 2 atom stereocenters. The smallest absolute Gasteiger partial charge is 0.122 e. The highest BCUT2D eigenvalue weighted by Gasteiger charge is 2.21. The summed E-state index contributed by atoms with van der Waals surface area (Å²) in [7, 11) is 0. The van der Waals surface area contributed by atoms with Crippen LogP contribution in [0.1, 0.15) is 36.4 Å². The molecule has 2 aromatic carbocycles. The molecule has 0 saturated carbocycles. The Morgan fingerprint density at radius 1 is 1.19 bits per heavy atom. The van der Waals surface area contributed by atoms with Gasteiger partial charge >= 0.3 is 0 Å². The number of halogens is 1. The fraction of sp³-hybridized carbons (Fsp3) is 0.333. The molecule has 0 saturated heterocycles. The summed E-state index contributed by atoms with van der Waals surface area (Å²) in [6.45, 7) is 4.00. The molecule has 1 heterocycles. The van der Waals surface area contributed by atoms with E-state index in [0.29, 0.717) is 12.0 Å². The van der Waals surface area contributed by atoms with Crippen LogP contribution in [0.3, 0.4) is 0 Å². The predicted molar refractivity (Wildman–Crippen MR) is 89.9 cm³/mol. The fourth-order valence-corrected chi connectivity index (χ4v) is 3.51. The fourth-order valence-electron chi connectivity index (χ4n) is 2.88. The number of benzene rings is 2. The van der Waals surface area contributed by atoms with Crippen LogP contribution >= 0.6 is 15.9 Å². The van der Waals surface area contributed by atoms with Crippen LogP contribution < -0.4 is 10.1 Å². The van der Waals surface area contributed by atoms with Crippen LogP contribution in [0.15, 0.2) is 53.0 Å². The lowest BCUT2D eigenvalue weighted by Crippen LogP contribution is -2.28. The van der Waals surface area contributed by atoms with E-state index in [1.165, 1.54) is 11.1 Å². The lowest BCUT2D eigenvalue weighted by Gasteiger charge is -2.27. The van der Waals surface area contributed by atoms with Crippen molar-refractivity contribution in [1.82, 2.24) is 5.32 Å². The van der Waals surface area contributed by atoms with Gasteiger partial charge in [-0.05, 0) is 36.6 Å². The van der Waals surface area contributed by atoms with Crippen LogP contribution in [0.2, 0.25) is 0 Å². The Bertz CT molecular complexity index is 614. The number of rotatable bonds is 4. The van der Waals surface area contributed by atoms with E-state index >= 15 is 0 Å². The molecule has 110 valence electrons. The molecule has 3 rings (SSSR count). The molecule has 0 radical (unpaired) electrons. The monoisotopic (exact) mass is 345 g/mol. The second kappa shape index (κ2) is 6.63. The Morgan fingerprint density at radius 3 is 2.81 bits per heavy atom. The first-order valence-corrected chi connectivity index (χ1v) is 8.24. The Hall–Kier alpha value is -1.32. The molecule has 0 spiro atoms. The van der Waals surface area contributed by atoms with Gasteiger partial charge in [-0.15, -0.1) is 0 Å². The first-order chi connectivity index (χ1) is 10.3. The zero-order valence-electron chi connectivity index (χ0n) is 12.2. The summed E-state index contributed by atoms with van der Waals surface area (Å²) in [5.74, 6) is 1.57. The van der Waals surface area contributed by atoms with Crippen LogP contribution in [-0.4, -0.2) is 13.2 Å². The molecular formula is C18H20BrNO. The number of fused-ring (bicyclic) bond motifs is 1. The summed E-state index contributed by atoms with van der Waals surface area (Å²) in [4.78, 5) is 0. The van der Waals surface area contributed by atoms with Gasteiger partial charge in [0.05, 0.1) is 6.61 Å². The van der Waals surface area contributed by atoms with E-state index in [1.54, 1.807) is 0 Å². The molecule has 1 N–H and O–H groups in total. The van der Waals surface area contributed by atoms with Gasteiger partial charge in [0.25, 0.3) is 0 Å². The molecule has 0 fully saturated rings. The Labute approximate surface area is 134 Å². The van der Waals surface area contributed by atoms with Crippen molar-refractivity contribution in [2.75, 3.05) is 13.2 Å². The molecule has 0 aliphatic carbocycles. The molecule has 0 bridgehead atoms. The average molecular weight is 346 g/mol. The van der Waals surface area contributed by atoms with Crippen molar-refractivity contribution in [3.8, 4) is 5.75 Å². The standard InChI is InChI=1S/C18H20BrNO/c1-13(15-6-2-4-8-17(15)19)20-12-14-10-11-21-18-9-5-3-7-16(14)18/h2-9,13-14,20H,10-12H2,1H3/t13-,14?/m0/s1. The van der Waals surface area contributed by atoms with Crippen LogP contribution in [0, 0.1) is 0 Å². The molecule has 0 amide bonds. The maximum absolute atomic E-state index is 5.73. The topological polar surface area (TPSA) is 21.3 Å². The number of nitrogens with one attached hydrogen (secondary N) is 1. The number of hydrogen-bond donors (Lipinski definition) is 1. The van der Waals surface area contributed by atoms with Crippen LogP contribution in [-0.2, 0) is 0 Å². The second-order valence-corrected chi connectivity index (χ2v) is 6.38. The highest BCUT2D eigenvalue weighted by atomic mass is 79.9. The normalized spacial score (nSPS) is 18.7. The van der Waals surface area contributed by atoms with Crippen LogP contribution in [0.25, 0.3) is 0 Å². The second-order valence-electron chi connectivity index (χ2n) is 5.52. The summed E-state index contributed by atoms with van der Waals surface area (Å²) >= 11 is 3.63. The SMILES string of the molecule is C[C@H](NCC1CCOc2ccccc21)c1ccccc1Br. The molecule has 1 aliphatic rings. The van der Waals surface area contributed by atoms with Gasteiger partial charge < -0.3 is 10.1 Å². The predicted octanol–water partition coefficient (Wildman–Crippen LogP) is 4.67. The molecule has 1 unspecified atom stereocenters. The largest absolute Gasteiger partial charge is 0.493 e. The molecule has 2 nitrogen and oxygen atoms in total. The Kier molecular flexibility index (Phi) is 4.61. The van der Waals surface area contributed by atoms with E-state index in [-0.39, 0.29) is 0 Å². The molecule has 21 heavy (non-hydrogen) atoms. The van der Waals surface area contributed by atoms with Gasteiger partial charge in [0.2, 0.25) is 0 Å². The van der Waals surface area contributed by atoms with E-state index in [4.69, 9.17) is 4.74 Å². The highest BCUT2D eigenvalue weighted by Crippen LogP contribution is 2.33. The molecule has 1 aliphatic heterocycles. The molecule has 2 aromatic rings. The maximum Gasteiger partial charge on any atom is 0.122 e. The lowest BCUT2D eigenvalue weighted by atomic mass is 9.92. The van der Waals surface area contributed by atoms with Gasteiger partial charge in [-0.2, -0.15) is 0 Å². The lowest BCUT2D eigenvalue weighted by molar-refractivity contribution is 0.263. The van der Waals surface area contributed by atoms with Gasteiger partial charge in [-0.3, -0.25) is 0 Å². The van der Waals surface area contributed by atoms with Crippen LogP contribution in [0.5, 0.6) is 5.75 Å². The quantitative estimate of drug-likeness (QED) is 0.869. The van der Waals surface area contributed by atoms with E-state index in [1.807, 2.05) is 6.07 Å². The minimum Gasteiger partial charge on any atom is -0.493 e. The van der Waals surface area contributed by atoms with Gasteiger partial charge in [-0.25, -0.2) is 0 Å². The highest BCUT2D eigenvalue weighted by molar-refractivity contribution is 9.10. The third-order valence-corrected chi connectivity index (χ3v) is 4.85. The van der Waals surface area contributed by atoms with Gasteiger partial charge in [0.1, 0.15) is 5.75 Å². The number of ether oxygens (including phenoxy) is 1. The van der Waals surface area contributed by atoms with Crippen LogP contribution in [0.4, 0.5) is 0 Å². The first-order valence-electron chi connectivity index (χ1n) is 7.45. The summed E-state index contributed by atoms with van der Waals surface area (Å²) in [5, 5.41) is 3.66. The summed E-state index contributed by atoms with van der Waals surface area (Å²) < 4.78 is 6.89. The van der Waals surface area contributed by atoms with E-state index in [0.717, 1.165) is 29.8 Å². The van der Waals surface area contributed by atoms with Gasteiger partial charge in [0.15, 0.2) is 0 Å². The molecular weight excluding hydrogens is 326 g/mol. The zero-order chi connectivity index (χ0) is 14.7. The molecule has 3 heteroatoms. The van der Waals surface area contributed by atoms with Crippen molar-refractivity contribution in [2.24, 2.45) is 0 Å². The Balaban J connectivity index is 1.67. The summed E-state index contributed by atoms with van der Waals surface area (Å²) in [6, 6.07) is 17.1. The van der Waals surface area contributed by atoms with Crippen molar-refractivity contribution in [3.05, 3.63) is 64.1 Å². The van der Waals surface area contributed by atoms with Gasteiger partial charge in [-0.1, -0.05) is 52.3 Å². The minimum absolute atomic E-state index is 0.329. The Morgan fingerprint density at radius 2 is 1.95 bits per heavy atom.